The van der Waals surface area contributed by atoms with Gasteiger partial charge in [0.15, 0.2) is 0 Å². The first-order valence-corrected chi connectivity index (χ1v) is 6.62. The first-order chi connectivity index (χ1) is 10.2. The number of rotatable bonds is 6. The zero-order valence-corrected chi connectivity index (χ0v) is 12.4. The van der Waals surface area contributed by atoms with Gasteiger partial charge >= 0.3 is 0 Å². The van der Waals surface area contributed by atoms with E-state index in [0.29, 0.717) is 12.4 Å². The van der Waals surface area contributed by atoms with Crippen LogP contribution in [-0.4, -0.2) is 31.0 Å². The molecule has 0 radical (unpaired) electrons. The fraction of sp³-hybridized carbons (Fsp3) is 0.333. The molecule has 1 atom stereocenters. The second kappa shape index (κ2) is 6.90. The van der Waals surface area contributed by atoms with Crippen molar-refractivity contribution >= 4 is 0 Å². The van der Waals surface area contributed by atoms with Crippen LogP contribution < -0.4 is 20.3 Å². The van der Waals surface area contributed by atoms with Crippen LogP contribution >= 0.6 is 0 Å². The molecule has 0 spiro atoms. The van der Waals surface area contributed by atoms with Crippen molar-refractivity contribution in [3.05, 3.63) is 52.3 Å². The molecule has 0 aliphatic carbocycles. The lowest BCUT2D eigenvalue weighted by Gasteiger charge is -2.19. The van der Waals surface area contributed by atoms with Crippen LogP contribution in [0.5, 0.6) is 11.6 Å². The maximum atomic E-state index is 11.9. The van der Waals surface area contributed by atoms with Gasteiger partial charge in [0.1, 0.15) is 5.75 Å². The molecule has 112 valence electrons. The highest BCUT2D eigenvalue weighted by Crippen LogP contribution is 2.25. The molecule has 6 heteroatoms. The Morgan fingerprint density at radius 2 is 1.95 bits per heavy atom. The second-order valence-electron chi connectivity index (χ2n) is 4.48. The Hall–Kier alpha value is -2.34. The summed E-state index contributed by atoms with van der Waals surface area (Å²) < 4.78 is 11.8. The molecule has 1 unspecified atom stereocenters. The van der Waals surface area contributed by atoms with Gasteiger partial charge in [0, 0.05) is 17.7 Å². The van der Waals surface area contributed by atoms with Crippen LogP contribution in [0.2, 0.25) is 0 Å². The SMILES string of the molecule is CNC(Cn1nc(OC)ccc1=O)c1ccccc1OC. The molecule has 2 aromatic rings. The molecular formula is C15H19N3O3. The van der Waals surface area contributed by atoms with Crippen LogP contribution in [0.1, 0.15) is 11.6 Å². The predicted octanol–water partition coefficient (Wildman–Crippen LogP) is 1.22. The second-order valence-corrected chi connectivity index (χ2v) is 4.48. The number of hydrogen-bond acceptors (Lipinski definition) is 5. The molecule has 1 N–H and O–H groups in total. The van der Waals surface area contributed by atoms with Crippen molar-refractivity contribution in [2.45, 2.75) is 12.6 Å². The third kappa shape index (κ3) is 3.41. The quantitative estimate of drug-likeness (QED) is 0.866. The molecule has 1 heterocycles. The lowest BCUT2D eigenvalue weighted by Crippen LogP contribution is -2.30. The van der Waals surface area contributed by atoms with Crippen molar-refractivity contribution in [1.82, 2.24) is 15.1 Å². The Labute approximate surface area is 123 Å². The molecule has 2 rings (SSSR count). The summed E-state index contributed by atoms with van der Waals surface area (Å²) in [5.74, 6) is 1.18. The van der Waals surface area contributed by atoms with Crippen LogP contribution in [0.4, 0.5) is 0 Å². The average molecular weight is 289 g/mol. The Morgan fingerprint density at radius 3 is 2.62 bits per heavy atom. The zero-order chi connectivity index (χ0) is 15.2. The van der Waals surface area contributed by atoms with Gasteiger partial charge < -0.3 is 14.8 Å². The molecule has 0 saturated heterocycles. The number of hydrogen-bond donors (Lipinski definition) is 1. The maximum absolute atomic E-state index is 11.9. The van der Waals surface area contributed by atoms with Crippen molar-refractivity contribution in [1.29, 1.82) is 0 Å². The minimum atomic E-state index is -0.175. The van der Waals surface area contributed by atoms with Crippen LogP contribution in [-0.2, 0) is 6.54 Å². The number of nitrogens with one attached hydrogen (secondary N) is 1. The zero-order valence-electron chi connectivity index (χ0n) is 12.4. The largest absolute Gasteiger partial charge is 0.496 e. The molecule has 1 aromatic heterocycles. The lowest BCUT2D eigenvalue weighted by molar-refractivity contribution is 0.358. The number of benzene rings is 1. The molecule has 0 bridgehead atoms. The van der Waals surface area contributed by atoms with Gasteiger partial charge in [-0.1, -0.05) is 18.2 Å². The molecule has 0 saturated carbocycles. The third-order valence-electron chi connectivity index (χ3n) is 3.27. The van der Waals surface area contributed by atoms with Gasteiger partial charge in [0.25, 0.3) is 5.56 Å². The summed E-state index contributed by atoms with van der Waals surface area (Å²) in [4.78, 5) is 11.9. The highest BCUT2D eigenvalue weighted by molar-refractivity contribution is 5.35. The smallest absolute Gasteiger partial charge is 0.267 e. The highest BCUT2D eigenvalue weighted by atomic mass is 16.5. The van der Waals surface area contributed by atoms with E-state index in [1.807, 2.05) is 31.3 Å². The van der Waals surface area contributed by atoms with Crippen LogP contribution in [0.3, 0.4) is 0 Å². The molecule has 1 aromatic carbocycles. The van der Waals surface area contributed by atoms with Crippen molar-refractivity contribution in [2.24, 2.45) is 0 Å². The highest BCUT2D eigenvalue weighted by Gasteiger charge is 2.16. The van der Waals surface area contributed by atoms with E-state index in [1.54, 1.807) is 13.2 Å². The van der Waals surface area contributed by atoms with Crippen molar-refractivity contribution < 1.29 is 9.47 Å². The molecular weight excluding hydrogens is 270 g/mol. The Kier molecular flexibility index (Phi) is 4.94. The molecule has 0 aliphatic heterocycles. The topological polar surface area (TPSA) is 65.4 Å². The summed E-state index contributed by atoms with van der Waals surface area (Å²) in [6.07, 6.45) is 0. The van der Waals surface area contributed by atoms with Gasteiger partial charge in [-0.2, -0.15) is 0 Å². The summed E-state index contributed by atoms with van der Waals surface area (Å²) in [7, 11) is 4.98. The van der Waals surface area contributed by atoms with Gasteiger partial charge in [0.05, 0.1) is 26.8 Å². The molecule has 6 nitrogen and oxygen atoms in total. The third-order valence-corrected chi connectivity index (χ3v) is 3.27. The van der Waals surface area contributed by atoms with E-state index in [1.165, 1.54) is 17.9 Å². The fourth-order valence-electron chi connectivity index (χ4n) is 2.14. The van der Waals surface area contributed by atoms with Gasteiger partial charge in [-0.25, -0.2) is 4.68 Å². The van der Waals surface area contributed by atoms with Crippen LogP contribution in [0.15, 0.2) is 41.2 Å². The minimum absolute atomic E-state index is 0.0987. The standard InChI is InChI=1S/C15H19N3O3/c1-16-12(11-6-4-5-7-13(11)20-2)10-18-15(19)9-8-14(17-18)21-3/h4-9,12,16H,10H2,1-3H3. The summed E-state index contributed by atoms with van der Waals surface area (Å²) >= 11 is 0. The molecule has 21 heavy (non-hydrogen) atoms. The summed E-state index contributed by atoms with van der Waals surface area (Å²) in [6, 6.07) is 10.6. The van der Waals surface area contributed by atoms with E-state index in [2.05, 4.69) is 10.4 Å². The summed E-state index contributed by atoms with van der Waals surface area (Å²) in [5.41, 5.74) is 0.796. The first kappa shape index (κ1) is 15.1. The normalized spacial score (nSPS) is 12.0. The molecule has 0 fully saturated rings. The van der Waals surface area contributed by atoms with Gasteiger partial charge in [0.2, 0.25) is 5.88 Å². The number of methoxy groups -OCH3 is 2. The van der Waals surface area contributed by atoms with Crippen molar-refractivity contribution in [2.75, 3.05) is 21.3 Å². The van der Waals surface area contributed by atoms with Crippen LogP contribution in [0, 0.1) is 0 Å². The predicted molar refractivity (Wildman–Crippen MR) is 79.8 cm³/mol. The number of aromatic nitrogens is 2. The number of ether oxygens (including phenoxy) is 2. The summed E-state index contributed by atoms with van der Waals surface area (Å²) in [5, 5.41) is 7.35. The molecule has 0 aliphatic rings. The maximum Gasteiger partial charge on any atom is 0.267 e. The Bertz CT molecular complexity index is 655. The number of para-hydroxylation sites is 1. The van der Waals surface area contributed by atoms with Crippen molar-refractivity contribution in [3.63, 3.8) is 0 Å². The van der Waals surface area contributed by atoms with Gasteiger partial charge in [-0.05, 0) is 13.1 Å². The fourth-order valence-corrected chi connectivity index (χ4v) is 2.14. The van der Waals surface area contributed by atoms with Crippen molar-refractivity contribution in [3.8, 4) is 11.6 Å². The van der Waals surface area contributed by atoms with Gasteiger partial charge in [-0.3, -0.25) is 4.79 Å². The Balaban J connectivity index is 2.33. The van der Waals surface area contributed by atoms with E-state index >= 15 is 0 Å². The van der Waals surface area contributed by atoms with E-state index < -0.39 is 0 Å². The van der Waals surface area contributed by atoms with E-state index in [-0.39, 0.29) is 11.6 Å². The monoisotopic (exact) mass is 289 g/mol. The number of nitrogens with zero attached hydrogens (tertiary/aromatic N) is 2. The van der Waals surface area contributed by atoms with Crippen LogP contribution in [0.25, 0.3) is 0 Å². The van der Waals surface area contributed by atoms with E-state index in [0.717, 1.165) is 11.3 Å². The lowest BCUT2D eigenvalue weighted by atomic mass is 10.1. The van der Waals surface area contributed by atoms with E-state index in [9.17, 15) is 4.79 Å². The van der Waals surface area contributed by atoms with Gasteiger partial charge in [-0.15, -0.1) is 5.10 Å². The summed E-state index contributed by atoms with van der Waals surface area (Å²) in [6.45, 7) is 0.382. The van der Waals surface area contributed by atoms with E-state index in [4.69, 9.17) is 9.47 Å². The average Bonchev–Trinajstić information content (AvgIpc) is 2.54. The first-order valence-electron chi connectivity index (χ1n) is 6.62. The minimum Gasteiger partial charge on any atom is -0.496 e. The molecule has 0 amide bonds. The Morgan fingerprint density at radius 1 is 1.19 bits per heavy atom. The number of likely N-dealkylation sites (N-methyl/N-ethyl adjacent to an activating group) is 1.